The van der Waals surface area contributed by atoms with Gasteiger partial charge in [-0.05, 0) is 37.1 Å². The smallest absolute Gasteiger partial charge is 0.320 e. The highest BCUT2D eigenvalue weighted by atomic mass is 35.5. The van der Waals surface area contributed by atoms with Crippen molar-refractivity contribution in [1.82, 2.24) is 14.8 Å². The first-order valence-electron chi connectivity index (χ1n) is 8.60. The first kappa shape index (κ1) is 17.8. The Hall–Kier alpha value is -2.01. The number of hydrogen-bond acceptors (Lipinski definition) is 3. The number of halogens is 1. The molecule has 6 heteroatoms. The highest BCUT2D eigenvalue weighted by Gasteiger charge is 2.28. The fourth-order valence-electron chi connectivity index (χ4n) is 3.42. The number of amides is 2. The van der Waals surface area contributed by atoms with Crippen molar-refractivity contribution in [3.63, 3.8) is 0 Å². The van der Waals surface area contributed by atoms with Crippen LogP contribution in [-0.2, 0) is 6.54 Å². The topological polar surface area (TPSA) is 45.7 Å². The predicted molar refractivity (Wildman–Crippen MR) is 100 cm³/mol. The van der Waals surface area contributed by atoms with Crippen molar-refractivity contribution in [2.45, 2.75) is 38.3 Å². The molecule has 0 radical (unpaired) electrons. The van der Waals surface area contributed by atoms with Gasteiger partial charge in [-0.1, -0.05) is 24.4 Å². The molecule has 5 nitrogen and oxygen atoms in total. The van der Waals surface area contributed by atoms with Gasteiger partial charge in [0.05, 0.1) is 19.2 Å². The number of pyridine rings is 1. The third kappa shape index (κ3) is 3.82. The molecule has 0 aliphatic heterocycles. The van der Waals surface area contributed by atoms with E-state index in [0.717, 1.165) is 35.1 Å². The number of carbonyl (C=O) groups excluding carboxylic acids is 1. The number of benzene rings is 1. The molecule has 134 valence electrons. The van der Waals surface area contributed by atoms with Crippen LogP contribution in [0.3, 0.4) is 0 Å². The molecular weight excluding hydrogens is 338 g/mol. The van der Waals surface area contributed by atoms with Gasteiger partial charge in [-0.3, -0.25) is 0 Å². The monoisotopic (exact) mass is 361 g/mol. The molecule has 0 atom stereocenters. The Balaban J connectivity index is 1.95. The normalized spacial score (nSPS) is 14.7. The summed E-state index contributed by atoms with van der Waals surface area (Å²) in [6.45, 7) is 0.473. The second-order valence-electron chi connectivity index (χ2n) is 6.74. The lowest BCUT2D eigenvalue weighted by Gasteiger charge is -2.31. The number of hydrogen-bond donors (Lipinski definition) is 0. The molecule has 25 heavy (non-hydrogen) atoms. The molecule has 0 saturated heterocycles. The van der Waals surface area contributed by atoms with Crippen LogP contribution in [0.25, 0.3) is 10.9 Å². The van der Waals surface area contributed by atoms with Gasteiger partial charge in [0, 0.05) is 31.1 Å². The van der Waals surface area contributed by atoms with Crippen LogP contribution in [0.15, 0.2) is 24.3 Å². The molecule has 1 aliphatic rings. The summed E-state index contributed by atoms with van der Waals surface area (Å²) in [6.07, 6.45) is 4.43. The molecule has 0 N–H and O–H groups in total. The van der Waals surface area contributed by atoms with E-state index in [9.17, 15) is 4.79 Å². The highest BCUT2D eigenvalue weighted by molar-refractivity contribution is 6.30. The number of fused-ring (bicyclic) bond motifs is 1. The summed E-state index contributed by atoms with van der Waals surface area (Å²) in [5.41, 5.74) is 1.69. The quantitative estimate of drug-likeness (QED) is 0.762. The Bertz CT molecular complexity index is 773. The zero-order valence-electron chi connectivity index (χ0n) is 15.0. The van der Waals surface area contributed by atoms with Crippen molar-refractivity contribution in [3.05, 3.63) is 35.0 Å². The first-order chi connectivity index (χ1) is 12.0. The Labute approximate surface area is 153 Å². The molecule has 1 saturated carbocycles. The fourth-order valence-corrected chi connectivity index (χ4v) is 3.63. The lowest BCUT2D eigenvalue weighted by Crippen LogP contribution is -2.44. The summed E-state index contributed by atoms with van der Waals surface area (Å²) >= 11 is 6.42. The molecule has 0 unspecified atom stereocenters. The number of methoxy groups -OCH3 is 1. The predicted octanol–water partition coefficient (Wildman–Crippen LogP) is 4.32. The van der Waals surface area contributed by atoms with E-state index in [4.69, 9.17) is 16.3 Å². The second kappa shape index (κ2) is 7.48. The van der Waals surface area contributed by atoms with Crippen molar-refractivity contribution in [2.75, 3.05) is 21.2 Å². The van der Waals surface area contributed by atoms with Gasteiger partial charge in [0.25, 0.3) is 0 Å². The van der Waals surface area contributed by atoms with Crippen molar-refractivity contribution in [2.24, 2.45) is 0 Å². The van der Waals surface area contributed by atoms with Crippen molar-refractivity contribution < 1.29 is 9.53 Å². The molecule has 2 aromatic rings. The fraction of sp³-hybridized carbons (Fsp3) is 0.474. The third-order valence-electron chi connectivity index (χ3n) is 4.78. The summed E-state index contributed by atoms with van der Waals surface area (Å²) in [5.74, 6) is 0.777. The van der Waals surface area contributed by atoms with Crippen molar-refractivity contribution in [3.8, 4) is 5.75 Å². The highest BCUT2D eigenvalue weighted by Crippen LogP contribution is 2.29. The zero-order valence-corrected chi connectivity index (χ0v) is 15.7. The minimum Gasteiger partial charge on any atom is -0.497 e. The molecule has 1 fully saturated rings. The number of aromatic nitrogens is 1. The molecular formula is C19H24ClN3O2. The van der Waals surface area contributed by atoms with Gasteiger partial charge >= 0.3 is 6.03 Å². The van der Waals surface area contributed by atoms with Gasteiger partial charge < -0.3 is 14.5 Å². The number of nitrogens with zero attached hydrogens (tertiary/aromatic N) is 3. The van der Waals surface area contributed by atoms with Crippen LogP contribution >= 0.6 is 11.6 Å². The Morgan fingerprint density at radius 3 is 2.64 bits per heavy atom. The molecule has 0 spiro atoms. The molecule has 0 bridgehead atoms. The Morgan fingerprint density at radius 1 is 1.28 bits per heavy atom. The van der Waals surface area contributed by atoms with Crippen LogP contribution in [0, 0.1) is 0 Å². The SMILES string of the molecule is COc1ccc2nc(Cl)c(CN(C(=O)N(C)C)C3CCCC3)cc2c1. The summed E-state index contributed by atoms with van der Waals surface area (Å²) < 4.78 is 5.29. The van der Waals surface area contributed by atoms with E-state index in [1.807, 2.05) is 29.2 Å². The number of urea groups is 1. The van der Waals surface area contributed by atoms with Gasteiger partial charge in [-0.25, -0.2) is 9.78 Å². The van der Waals surface area contributed by atoms with E-state index in [-0.39, 0.29) is 12.1 Å². The summed E-state index contributed by atoms with van der Waals surface area (Å²) in [6, 6.07) is 8.00. The summed E-state index contributed by atoms with van der Waals surface area (Å²) in [4.78, 5) is 20.7. The van der Waals surface area contributed by atoms with E-state index in [1.165, 1.54) is 12.8 Å². The van der Waals surface area contributed by atoms with Crippen molar-refractivity contribution in [1.29, 1.82) is 0 Å². The van der Waals surface area contributed by atoms with Crippen LogP contribution in [0.5, 0.6) is 5.75 Å². The maximum atomic E-state index is 12.7. The molecule has 1 aromatic heterocycles. The summed E-state index contributed by atoms with van der Waals surface area (Å²) in [5, 5.41) is 1.41. The van der Waals surface area contributed by atoms with E-state index < -0.39 is 0 Å². The number of carbonyl (C=O) groups is 1. The summed E-state index contributed by atoms with van der Waals surface area (Å²) in [7, 11) is 5.22. The zero-order chi connectivity index (χ0) is 18.0. The second-order valence-corrected chi connectivity index (χ2v) is 7.10. The molecule has 3 rings (SSSR count). The molecule has 1 aliphatic carbocycles. The van der Waals surface area contributed by atoms with Crippen molar-refractivity contribution >= 4 is 28.5 Å². The maximum Gasteiger partial charge on any atom is 0.320 e. The lowest BCUT2D eigenvalue weighted by molar-refractivity contribution is 0.146. The minimum atomic E-state index is 0.0219. The Kier molecular flexibility index (Phi) is 5.33. The Morgan fingerprint density at radius 2 is 2.00 bits per heavy atom. The number of ether oxygens (including phenoxy) is 1. The maximum absolute atomic E-state index is 12.7. The van der Waals surface area contributed by atoms with E-state index in [1.54, 1.807) is 26.1 Å². The van der Waals surface area contributed by atoms with E-state index in [2.05, 4.69) is 4.98 Å². The van der Waals surface area contributed by atoms with Crippen LogP contribution in [-0.4, -0.2) is 48.1 Å². The van der Waals surface area contributed by atoms with Gasteiger partial charge in [0.15, 0.2) is 0 Å². The van der Waals surface area contributed by atoms with E-state index in [0.29, 0.717) is 11.7 Å². The van der Waals surface area contributed by atoms with Crippen LogP contribution < -0.4 is 4.74 Å². The van der Waals surface area contributed by atoms with Crippen LogP contribution in [0.4, 0.5) is 4.79 Å². The van der Waals surface area contributed by atoms with Crippen LogP contribution in [0.1, 0.15) is 31.2 Å². The van der Waals surface area contributed by atoms with Gasteiger partial charge in [0.2, 0.25) is 0 Å². The average Bonchev–Trinajstić information content (AvgIpc) is 3.13. The van der Waals surface area contributed by atoms with Gasteiger partial charge in [0.1, 0.15) is 10.9 Å². The van der Waals surface area contributed by atoms with Gasteiger partial charge in [-0.2, -0.15) is 0 Å². The average molecular weight is 362 g/mol. The standard InChI is InChI=1S/C19H24ClN3O2/c1-22(2)19(24)23(15-6-4-5-7-15)12-14-10-13-11-16(25-3)8-9-17(13)21-18(14)20/h8-11,15H,4-7,12H2,1-3H3. The van der Waals surface area contributed by atoms with E-state index >= 15 is 0 Å². The van der Waals surface area contributed by atoms with Gasteiger partial charge in [-0.15, -0.1) is 0 Å². The third-order valence-corrected chi connectivity index (χ3v) is 5.11. The molecule has 2 amide bonds. The van der Waals surface area contributed by atoms with Crippen LogP contribution in [0.2, 0.25) is 5.15 Å². The number of rotatable bonds is 4. The lowest BCUT2D eigenvalue weighted by atomic mass is 10.1. The minimum absolute atomic E-state index is 0.0219. The molecule has 1 aromatic carbocycles. The first-order valence-corrected chi connectivity index (χ1v) is 8.98. The molecule has 1 heterocycles. The largest absolute Gasteiger partial charge is 0.497 e.